The first-order valence-electron chi connectivity index (χ1n) is 11.2. The van der Waals surface area contributed by atoms with Crippen LogP contribution in [0.1, 0.15) is 53.4 Å². The first-order valence-corrected chi connectivity index (χ1v) is 12.0. The second-order valence-corrected chi connectivity index (χ2v) is 11.4. The maximum Gasteiger partial charge on any atom is 0.228 e. The summed E-state index contributed by atoms with van der Waals surface area (Å²) in [5.74, 6) is -2.56. The number of alkyl halides is 2. The number of aliphatic hydroxyl groups excluding tert-OH is 1. The van der Waals surface area contributed by atoms with Gasteiger partial charge in [0.2, 0.25) is 5.12 Å². The zero-order valence-electron chi connectivity index (χ0n) is 18.7. The average molecular weight is 469 g/mol. The number of hydrogen-bond acceptors (Lipinski definition) is 6. The molecule has 3 fully saturated rings. The molecule has 32 heavy (non-hydrogen) atoms. The van der Waals surface area contributed by atoms with Crippen molar-refractivity contribution in [2.45, 2.75) is 76.9 Å². The Balaban J connectivity index is 1.81. The fraction of sp³-hybridized carbons (Fsp3) is 0.708. The minimum Gasteiger partial charge on any atom is -0.390 e. The topological polar surface area (TPSA) is 91.7 Å². The van der Waals surface area contributed by atoms with Gasteiger partial charge in [-0.1, -0.05) is 26.8 Å². The van der Waals surface area contributed by atoms with Crippen LogP contribution in [0.25, 0.3) is 0 Å². The van der Waals surface area contributed by atoms with Gasteiger partial charge in [-0.05, 0) is 67.5 Å². The fourth-order valence-corrected chi connectivity index (χ4v) is 8.17. The van der Waals surface area contributed by atoms with Crippen LogP contribution in [-0.4, -0.2) is 49.8 Å². The van der Waals surface area contributed by atoms with Crippen LogP contribution in [0.15, 0.2) is 23.8 Å². The Morgan fingerprint density at radius 1 is 1.25 bits per heavy atom. The van der Waals surface area contributed by atoms with E-state index in [1.807, 2.05) is 0 Å². The highest BCUT2D eigenvalue weighted by Gasteiger charge is 2.76. The van der Waals surface area contributed by atoms with Gasteiger partial charge in [-0.15, -0.1) is 0 Å². The van der Waals surface area contributed by atoms with Crippen molar-refractivity contribution < 1.29 is 33.4 Å². The number of ketones is 1. The molecule has 0 aliphatic heterocycles. The molecule has 0 unspecified atom stereocenters. The second-order valence-electron chi connectivity index (χ2n) is 10.4. The van der Waals surface area contributed by atoms with Crippen molar-refractivity contribution in [2.24, 2.45) is 28.6 Å². The van der Waals surface area contributed by atoms with Gasteiger partial charge in [0.25, 0.3) is 0 Å². The van der Waals surface area contributed by atoms with E-state index in [9.17, 15) is 24.6 Å². The molecule has 0 aromatic rings. The Kier molecular flexibility index (Phi) is 5.43. The number of carbonyl (C=O) groups is 3. The number of carbonyl (C=O) groups excluding carboxylic acids is 3. The van der Waals surface area contributed by atoms with E-state index in [2.05, 4.69) is 0 Å². The highest BCUT2D eigenvalue weighted by atomic mass is 32.2. The van der Waals surface area contributed by atoms with E-state index in [-0.39, 0.29) is 36.4 Å². The van der Waals surface area contributed by atoms with E-state index in [4.69, 9.17) is 0 Å². The Bertz CT molecular complexity index is 949. The van der Waals surface area contributed by atoms with Crippen molar-refractivity contribution in [3.63, 3.8) is 0 Å². The summed E-state index contributed by atoms with van der Waals surface area (Å²) in [6.45, 7) is 6.47. The van der Waals surface area contributed by atoms with Crippen LogP contribution in [0.2, 0.25) is 0 Å². The summed E-state index contributed by atoms with van der Waals surface area (Å²) in [5, 5.41) is 21.9. The van der Waals surface area contributed by atoms with E-state index >= 15 is 8.78 Å². The zero-order valence-corrected chi connectivity index (χ0v) is 19.5. The molecular weight excluding hydrogens is 438 g/mol. The predicted molar refractivity (Wildman–Crippen MR) is 116 cm³/mol. The molecule has 2 N–H and O–H groups in total. The van der Waals surface area contributed by atoms with Crippen molar-refractivity contribution in [1.29, 1.82) is 0 Å². The molecular formula is C24H30F2O5S. The standard InChI is InChI=1S/C24H30F2O5S/c1-5-19(29)32-20(30)24(31)12(2)8-14-15-10-17(25)16-9-13(27)6-7-21(16,3)23(15,26)18(28)11-22(14,24)4/h6-7,9,12,14-15,17-18,28,31H,5,8,10-11H2,1-4H3/t12-,14+,15+,17+,18+,21+,22+,23+,24+/m1/s1. The number of allylic oxidation sites excluding steroid dienone is 4. The Morgan fingerprint density at radius 3 is 2.53 bits per heavy atom. The lowest BCUT2D eigenvalue weighted by Gasteiger charge is -2.63. The normalized spacial score (nSPS) is 49.7. The summed E-state index contributed by atoms with van der Waals surface area (Å²) in [5.41, 5.74) is -6.91. The van der Waals surface area contributed by atoms with Gasteiger partial charge in [-0.2, -0.15) is 0 Å². The summed E-state index contributed by atoms with van der Waals surface area (Å²) in [6, 6.07) is 0. The largest absolute Gasteiger partial charge is 0.390 e. The first-order chi connectivity index (χ1) is 14.8. The molecule has 0 spiro atoms. The van der Waals surface area contributed by atoms with Crippen LogP contribution in [0.5, 0.6) is 0 Å². The molecule has 0 saturated heterocycles. The van der Waals surface area contributed by atoms with Crippen LogP contribution in [0.3, 0.4) is 0 Å². The van der Waals surface area contributed by atoms with Crippen LogP contribution in [0.4, 0.5) is 8.78 Å². The van der Waals surface area contributed by atoms with E-state index in [0.29, 0.717) is 11.8 Å². The summed E-state index contributed by atoms with van der Waals surface area (Å²) in [4.78, 5) is 37.0. The van der Waals surface area contributed by atoms with E-state index < -0.39 is 63.0 Å². The maximum absolute atomic E-state index is 17.0. The summed E-state index contributed by atoms with van der Waals surface area (Å²) >= 11 is 0.467. The number of thioether (sulfide) groups is 1. The molecule has 8 heteroatoms. The van der Waals surface area contributed by atoms with Crippen molar-refractivity contribution >= 4 is 27.8 Å². The number of rotatable bonds is 2. The lowest BCUT2D eigenvalue weighted by Crippen LogP contribution is -2.70. The van der Waals surface area contributed by atoms with Gasteiger partial charge in [-0.3, -0.25) is 14.4 Å². The molecule has 0 aromatic carbocycles. The lowest BCUT2D eigenvalue weighted by atomic mass is 9.44. The van der Waals surface area contributed by atoms with Crippen molar-refractivity contribution in [1.82, 2.24) is 0 Å². The van der Waals surface area contributed by atoms with Gasteiger partial charge in [0.15, 0.2) is 16.6 Å². The molecule has 4 aliphatic carbocycles. The van der Waals surface area contributed by atoms with Gasteiger partial charge in [-0.25, -0.2) is 8.78 Å². The van der Waals surface area contributed by atoms with Crippen molar-refractivity contribution in [3.8, 4) is 0 Å². The number of aliphatic hydroxyl groups is 2. The highest BCUT2D eigenvalue weighted by Crippen LogP contribution is 2.71. The van der Waals surface area contributed by atoms with Crippen LogP contribution < -0.4 is 0 Å². The number of hydrogen-bond donors (Lipinski definition) is 2. The Labute approximate surface area is 190 Å². The van der Waals surface area contributed by atoms with E-state index in [0.717, 1.165) is 6.08 Å². The summed E-state index contributed by atoms with van der Waals surface area (Å²) < 4.78 is 32.4. The molecule has 0 aromatic heterocycles. The average Bonchev–Trinajstić information content (AvgIpc) is 2.93. The van der Waals surface area contributed by atoms with Gasteiger partial charge in [0.05, 0.1) is 6.10 Å². The second kappa shape index (κ2) is 7.31. The third-order valence-corrected chi connectivity index (χ3v) is 10.0. The van der Waals surface area contributed by atoms with Crippen LogP contribution >= 0.6 is 11.8 Å². The van der Waals surface area contributed by atoms with Gasteiger partial charge >= 0.3 is 0 Å². The molecule has 4 rings (SSSR count). The molecule has 0 amide bonds. The molecule has 0 radical (unpaired) electrons. The third kappa shape index (κ3) is 2.72. The van der Waals surface area contributed by atoms with Crippen molar-refractivity contribution in [2.75, 3.05) is 0 Å². The molecule has 0 bridgehead atoms. The number of halogens is 2. The number of fused-ring (bicyclic) bond motifs is 5. The molecule has 5 nitrogen and oxygen atoms in total. The molecule has 9 atom stereocenters. The quantitative estimate of drug-likeness (QED) is 0.645. The molecule has 176 valence electrons. The fourth-order valence-electron chi connectivity index (χ4n) is 7.23. The molecule has 3 saturated carbocycles. The molecule has 0 heterocycles. The minimum atomic E-state index is -2.26. The van der Waals surface area contributed by atoms with Crippen LogP contribution in [-0.2, 0) is 14.4 Å². The third-order valence-electron chi connectivity index (χ3n) is 9.02. The van der Waals surface area contributed by atoms with Gasteiger partial charge in [0.1, 0.15) is 11.8 Å². The predicted octanol–water partition coefficient (Wildman–Crippen LogP) is 3.48. The summed E-state index contributed by atoms with van der Waals surface area (Å²) in [7, 11) is 0. The van der Waals surface area contributed by atoms with Crippen molar-refractivity contribution in [3.05, 3.63) is 23.8 Å². The first kappa shape index (κ1) is 23.8. The Hall–Kier alpha value is -1.38. The highest BCUT2D eigenvalue weighted by molar-refractivity contribution is 8.26. The SMILES string of the molecule is CCC(=O)SC(=O)[C@@]1(O)[C@H](C)C[C@H]2[C@@H]3C[C@H](F)C4=CC(=O)C=C[C@]4(C)[C@@]3(F)[C@@H](O)C[C@@]21C. The van der Waals surface area contributed by atoms with E-state index in [1.54, 1.807) is 20.8 Å². The summed E-state index contributed by atoms with van der Waals surface area (Å²) in [6.07, 6.45) is 0.485. The van der Waals surface area contributed by atoms with Gasteiger partial charge < -0.3 is 10.2 Å². The minimum absolute atomic E-state index is 0.0351. The van der Waals surface area contributed by atoms with Gasteiger partial charge in [0, 0.05) is 23.2 Å². The Morgan fingerprint density at radius 2 is 1.91 bits per heavy atom. The monoisotopic (exact) mass is 468 g/mol. The smallest absolute Gasteiger partial charge is 0.228 e. The van der Waals surface area contributed by atoms with E-state index in [1.165, 1.54) is 19.1 Å². The molecule has 4 aliphatic rings. The maximum atomic E-state index is 17.0. The van der Waals surface area contributed by atoms with Crippen LogP contribution in [0, 0.1) is 28.6 Å². The lowest BCUT2D eigenvalue weighted by molar-refractivity contribution is -0.221. The zero-order chi connectivity index (χ0) is 23.9.